The number of alkyl halides is 3. The van der Waals surface area contributed by atoms with E-state index in [2.05, 4.69) is 0 Å². The van der Waals surface area contributed by atoms with Gasteiger partial charge in [0.05, 0.1) is 66.0 Å². The van der Waals surface area contributed by atoms with Crippen LogP contribution in [0.1, 0.15) is 22.3 Å². The highest BCUT2D eigenvalue weighted by Crippen LogP contribution is 2.43. The Morgan fingerprint density at radius 1 is 0.946 bits per heavy atom. The summed E-state index contributed by atoms with van der Waals surface area (Å²) in [7, 11) is 4.64. The number of hydrogen-bond donors (Lipinski definition) is 1. The van der Waals surface area contributed by atoms with E-state index in [4.69, 9.17) is 14.2 Å². The van der Waals surface area contributed by atoms with Crippen molar-refractivity contribution in [2.45, 2.75) is 12.6 Å². The molecule has 0 aromatic heterocycles. The van der Waals surface area contributed by atoms with Gasteiger partial charge >= 0.3 is 6.18 Å². The molecule has 0 amide bonds. The van der Waals surface area contributed by atoms with E-state index in [1.807, 2.05) is 18.2 Å². The molecule has 0 spiro atoms. The quantitative estimate of drug-likeness (QED) is 0.431. The van der Waals surface area contributed by atoms with Crippen molar-refractivity contribution in [3.63, 3.8) is 0 Å². The smallest absolute Gasteiger partial charge is 0.418 e. The summed E-state index contributed by atoms with van der Waals surface area (Å²) in [5, 5.41) is 1.62. The van der Waals surface area contributed by atoms with Crippen molar-refractivity contribution in [3.8, 4) is 17.2 Å². The molecule has 1 aliphatic heterocycles. The van der Waals surface area contributed by atoms with E-state index in [0.29, 0.717) is 62.0 Å². The number of nitrogens with one attached hydrogen (secondary N) is 1. The van der Waals surface area contributed by atoms with Gasteiger partial charge in [-0.3, -0.25) is 4.79 Å². The van der Waals surface area contributed by atoms with E-state index < -0.39 is 11.7 Å². The number of anilines is 1. The molecule has 0 radical (unpaired) electrons. The average molecular weight is 539 g/mol. The lowest BCUT2D eigenvalue weighted by molar-refractivity contribution is -0.899. The molecule has 3 aromatic carbocycles. The number of hydrogen-bond acceptors (Lipinski definition) is 5. The fourth-order valence-corrected chi connectivity index (χ4v) is 4.79. The SMILES string of the molecule is COc1cc2cc(C(=O)CC[NH+]3CCN(c4ccccc4C(F)(F)F)CC3)ccc2c(OC)c1OC.[Cl-]. The summed E-state index contributed by atoms with van der Waals surface area (Å²) >= 11 is 0. The number of methoxy groups -OCH3 is 3. The van der Waals surface area contributed by atoms with Gasteiger partial charge in [0.2, 0.25) is 5.75 Å². The average Bonchev–Trinajstić information content (AvgIpc) is 2.89. The first-order valence-electron chi connectivity index (χ1n) is 11.8. The van der Waals surface area contributed by atoms with E-state index >= 15 is 0 Å². The van der Waals surface area contributed by atoms with Gasteiger partial charge in [0.25, 0.3) is 0 Å². The van der Waals surface area contributed by atoms with Crippen LogP contribution in [-0.2, 0) is 6.18 Å². The van der Waals surface area contributed by atoms with Gasteiger partial charge in [0, 0.05) is 16.6 Å². The third-order valence-electron chi connectivity index (χ3n) is 6.69. The number of piperazine rings is 1. The number of benzene rings is 3. The van der Waals surface area contributed by atoms with Gasteiger partial charge in [-0.05, 0) is 35.7 Å². The number of carbonyl (C=O) groups excluding carboxylic acids is 1. The number of quaternary nitrogens is 1. The van der Waals surface area contributed by atoms with Crippen molar-refractivity contribution >= 4 is 22.2 Å². The molecule has 0 aliphatic carbocycles. The monoisotopic (exact) mass is 538 g/mol. The van der Waals surface area contributed by atoms with Crippen molar-refractivity contribution in [2.75, 3.05) is 59.0 Å². The van der Waals surface area contributed by atoms with Crippen molar-refractivity contribution in [3.05, 3.63) is 59.7 Å². The zero-order valence-corrected chi connectivity index (χ0v) is 21.7. The van der Waals surface area contributed by atoms with Crippen LogP contribution in [0, 0.1) is 0 Å². The van der Waals surface area contributed by atoms with Crippen LogP contribution in [0.25, 0.3) is 10.8 Å². The zero-order valence-electron chi connectivity index (χ0n) is 21.0. The summed E-state index contributed by atoms with van der Waals surface area (Å²) in [6.45, 7) is 2.99. The summed E-state index contributed by atoms with van der Waals surface area (Å²) < 4.78 is 56.5. The lowest BCUT2D eigenvalue weighted by Crippen LogP contribution is -3.15. The third-order valence-corrected chi connectivity index (χ3v) is 6.69. The van der Waals surface area contributed by atoms with E-state index in [0.717, 1.165) is 16.8 Å². The van der Waals surface area contributed by atoms with E-state index in [1.165, 1.54) is 17.0 Å². The second kappa shape index (κ2) is 11.9. The number of halogens is 4. The minimum atomic E-state index is -4.38. The molecule has 4 rings (SSSR count). The second-order valence-corrected chi connectivity index (χ2v) is 8.76. The molecule has 6 nitrogen and oxygen atoms in total. The molecule has 37 heavy (non-hydrogen) atoms. The van der Waals surface area contributed by atoms with Gasteiger partial charge in [-0.1, -0.05) is 18.2 Å². The summed E-state index contributed by atoms with van der Waals surface area (Å²) in [6, 6.07) is 12.9. The first-order chi connectivity index (χ1) is 17.3. The first-order valence-corrected chi connectivity index (χ1v) is 11.8. The van der Waals surface area contributed by atoms with Crippen molar-refractivity contribution in [2.24, 2.45) is 0 Å². The number of ketones is 1. The zero-order chi connectivity index (χ0) is 25.9. The maximum Gasteiger partial charge on any atom is 0.418 e. The number of ether oxygens (including phenoxy) is 3. The highest BCUT2D eigenvalue weighted by Gasteiger charge is 2.35. The largest absolute Gasteiger partial charge is 1.00 e. The molecule has 1 saturated heterocycles. The van der Waals surface area contributed by atoms with Gasteiger partial charge in [-0.2, -0.15) is 13.2 Å². The number of Topliss-reactive ketones (excluding diaryl/α,β-unsaturated/α-hetero) is 1. The normalized spacial score (nSPS) is 14.3. The van der Waals surface area contributed by atoms with E-state index in [9.17, 15) is 18.0 Å². The fraction of sp³-hybridized carbons (Fsp3) is 0.370. The Balaban J connectivity index is 0.00000380. The fourth-order valence-electron chi connectivity index (χ4n) is 4.79. The van der Waals surface area contributed by atoms with Crippen LogP contribution in [-0.4, -0.2) is 59.8 Å². The molecule has 1 aliphatic rings. The standard InChI is InChI=1S/C27H29F3N2O4.ClH/c1-34-24-17-19-16-18(8-9-20(19)25(35-2)26(24)36-3)23(33)10-11-31-12-14-32(15-13-31)22-7-5-4-6-21(22)27(28,29)30;/h4-9,16-17H,10-15H2,1-3H3;1H. The molecule has 0 atom stereocenters. The number of fused-ring (bicyclic) bond motifs is 1. The van der Waals surface area contributed by atoms with Gasteiger partial charge in [-0.15, -0.1) is 0 Å². The molecular weight excluding hydrogens is 509 g/mol. The lowest BCUT2D eigenvalue weighted by atomic mass is 10.0. The summed E-state index contributed by atoms with van der Waals surface area (Å²) in [5.74, 6) is 1.57. The lowest BCUT2D eigenvalue weighted by Gasteiger charge is -2.34. The molecule has 0 unspecified atom stereocenters. The Bertz CT molecular complexity index is 1240. The van der Waals surface area contributed by atoms with Crippen LogP contribution in [0.2, 0.25) is 0 Å². The summed E-state index contributed by atoms with van der Waals surface area (Å²) in [5.41, 5.74) is 0.207. The van der Waals surface area contributed by atoms with Crippen LogP contribution >= 0.6 is 0 Å². The van der Waals surface area contributed by atoms with Crippen LogP contribution in [0.3, 0.4) is 0 Å². The second-order valence-electron chi connectivity index (χ2n) is 8.76. The molecule has 1 N–H and O–H groups in total. The van der Waals surface area contributed by atoms with Crippen molar-refractivity contribution < 1.29 is 49.5 Å². The predicted molar refractivity (Wildman–Crippen MR) is 132 cm³/mol. The third kappa shape index (κ3) is 6.05. The Hall–Kier alpha value is -3.17. The molecule has 10 heteroatoms. The Morgan fingerprint density at radius 2 is 1.62 bits per heavy atom. The van der Waals surface area contributed by atoms with Crippen molar-refractivity contribution in [1.82, 2.24) is 0 Å². The highest BCUT2D eigenvalue weighted by atomic mass is 35.5. The Labute approximate surface area is 220 Å². The van der Waals surface area contributed by atoms with Crippen LogP contribution < -0.4 is 36.4 Å². The van der Waals surface area contributed by atoms with E-state index in [1.54, 1.807) is 38.4 Å². The van der Waals surface area contributed by atoms with Gasteiger partial charge in [-0.25, -0.2) is 0 Å². The van der Waals surface area contributed by atoms with E-state index in [-0.39, 0.29) is 23.9 Å². The number of rotatable bonds is 8. The molecule has 0 saturated carbocycles. The first kappa shape index (κ1) is 28.4. The van der Waals surface area contributed by atoms with Gasteiger partial charge < -0.3 is 36.4 Å². The molecule has 3 aromatic rings. The predicted octanol–water partition coefficient (Wildman–Crippen LogP) is 0.866. The molecule has 200 valence electrons. The van der Waals surface area contributed by atoms with Crippen LogP contribution in [0.5, 0.6) is 17.2 Å². The molecule has 0 bridgehead atoms. The van der Waals surface area contributed by atoms with Gasteiger partial charge in [0.15, 0.2) is 17.3 Å². The van der Waals surface area contributed by atoms with Gasteiger partial charge in [0.1, 0.15) is 0 Å². The van der Waals surface area contributed by atoms with Crippen LogP contribution in [0.4, 0.5) is 18.9 Å². The molecular formula is C27H30ClF3N2O4. The minimum Gasteiger partial charge on any atom is -1.00 e. The number of para-hydroxylation sites is 1. The Kier molecular flexibility index (Phi) is 9.15. The number of carbonyl (C=O) groups is 1. The summed E-state index contributed by atoms with van der Waals surface area (Å²) in [6.07, 6.45) is -4.03. The molecule has 1 heterocycles. The van der Waals surface area contributed by atoms with Crippen LogP contribution in [0.15, 0.2) is 48.5 Å². The summed E-state index contributed by atoms with van der Waals surface area (Å²) in [4.78, 5) is 16.0. The molecule has 1 fully saturated rings. The minimum absolute atomic E-state index is 0. The maximum atomic E-state index is 13.4. The maximum absolute atomic E-state index is 13.4. The Morgan fingerprint density at radius 3 is 2.24 bits per heavy atom. The number of nitrogens with zero attached hydrogens (tertiary/aromatic N) is 1. The highest BCUT2D eigenvalue weighted by molar-refractivity contribution is 6.02. The topological polar surface area (TPSA) is 52.4 Å². The van der Waals surface area contributed by atoms with Crippen molar-refractivity contribution in [1.29, 1.82) is 0 Å².